The van der Waals surface area contributed by atoms with Gasteiger partial charge in [0.25, 0.3) is 0 Å². The van der Waals surface area contributed by atoms with Crippen LogP contribution in [0.1, 0.15) is 32.1 Å². The third-order valence-electron chi connectivity index (χ3n) is 4.32. The normalized spacial score (nSPS) is 13.3. The minimum absolute atomic E-state index is 0.200. The van der Waals surface area contributed by atoms with Crippen LogP contribution in [0.25, 0.3) is 11.8 Å². The average molecular weight is 313 g/mol. The zero-order valence-electron chi connectivity index (χ0n) is 13.2. The van der Waals surface area contributed by atoms with Crippen LogP contribution in [0.3, 0.4) is 0 Å². The van der Waals surface area contributed by atoms with E-state index in [1.807, 2.05) is 54.0 Å². The lowest BCUT2D eigenvalue weighted by Crippen LogP contribution is -2.03. The first kappa shape index (κ1) is 14.4. The van der Waals surface area contributed by atoms with E-state index in [9.17, 15) is 9.59 Å². The average Bonchev–Trinajstić information content (AvgIpc) is 3.09. The third kappa shape index (κ3) is 2.14. The summed E-state index contributed by atoms with van der Waals surface area (Å²) in [7, 11) is 0. The lowest BCUT2D eigenvalue weighted by Gasteiger charge is -2.09. The Morgan fingerprint density at radius 2 is 1.33 bits per heavy atom. The second kappa shape index (κ2) is 5.46. The van der Waals surface area contributed by atoms with Crippen LogP contribution in [-0.4, -0.2) is 16.1 Å². The molecule has 0 radical (unpaired) electrons. The minimum Gasteiger partial charge on any atom is -0.314 e. The Labute approximate surface area is 139 Å². The van der Waals surface area contributed by atoms with Gasteiger partial charge in [-0.15, -0.1) is 0 Å². The van der Waals surface area contributed by atoms with Crippen molar-refractivity contribution in [1.29, 1.82) is 0 Å². The molecule has 2 aromatic carbocycles. The molecule has 0 saturated heterocycles. The predicted molar refractivity (Wildman–Crippen MR) is 93.6 cm³/mol. The molecule has 4 rings (SSSR count). The molecule has 1 heterocycles. The van der Waals surface area contributed by atoms with E-state index in [0.29, 0.717) is 11.1 Å². The number of benzene rings is 2. The van der Waals surface area contributed by atoms with Crippen LogP contribution in [0.5, 0.6) is 0 Å². The van der Waals surface area contributed by atoms with Crippen LogP contribution >= 0.6 is 0 Å². The van der Waals surface area contributed by atoms with E-state index >= 15 is 0 Å². The molecule has 0 spiro atoms. The van der Waals surface area contributed by atoms with E-state index in [-0.39, 0.29) is 17.1 Å². The Bertz CT molecular complexity index is 957. The molecule has 0 unspecified atom stereocenters. The van der Waals surface area contributed by atoms with Crippen LogP contribution in [0.4, 0.5) is 0 Å². The van der Waals surface area contributed by atoms with Gasteiger partial charge in [0.05, 0.1) is 5.57 Å². The van der Waals surface area contributed by atoms with Gasteiger partial charge in [0.2, 0.25) is 0 Å². The zero-order chi connectivity index (χ0) is 16.7. The number of carbonyl (C=O) groups is 2. The van der Waals surface area contributed by atoms with Crippen molar-refractivity contribution in [3.8, 4) is 5.69 Å². The highest BCUT2D eigenvalue weighted by Crippen LogP contribution is 2.28. The van der Waals surface area contributed by atoms with E-state index in [1.54, 1.807) is 30.3 Å². The first-order chi connectivity index (χ1) is 11.7. The molecule has 0 aliphatic heterocycles. The minimum atomic E-state index is -0.200. The summed E-state index contributed by atoms with van der Waals surface area (Å²) in [6, 6.07) is 20.8. The Morgan fingerprint density at radius 1 is 0.750 bits per heavy atom. The summed E-state index contributed by atoms with van der Waals surface area (Å²) in [5.41, 5.74) is 4.08. The molecule has 1 aliphatic rings. The van der Waals surface area contributed by atoms with E-state index in [2.05, 4.69) is 0 Å². The Morgan fingerprint density at radius 3 is 1.96 bits per heavy atom. The van der Waals surface area contributed by atoms with Gasteiger partial charge in [0, 0.05) is 28.2 Å². The van der Waals surface area contributed by atoms with Crippen molar-refractivity contribution in [2.24, 2.45) is 0 Å². The van der Waals surface area contributed by atoms with Crippen LogP contribution in [0, 0.1) is 6.92 Å². The van der Waals surface area contributed by atoms with Crippen molar-refractivity contribution in [3.05, 3.63) is 94.8 Å². The molecule has 1 aromatic heterocycles. The predicted octanol–water partition coefficient (Wildman–Crippen LogP) is 4.25. The first-order valence-corrected chi connectivity index (χ1v) is 7.81. The molecule has 3 nitrogen and oxygen atoms in total. The first-order valence-electron chi connectivity index (χ1n) is 7.81. The molecule has 0 amide bonds. The largest absolute Gasteiger partial charge is 0.314 e. The number of carbonyl (C=O) groups excluding carboxylic acids is 2. The summed E-state index contributed by atoms with van der Waals surface area (Å²) in [6.07, 6.45) is 1.70. The topological polar surface area (TPSA) is 39.1 Å². The summed E-state index contributed by atoms with van der Waals surface area (Å²) in [6.45, 7) is 2.00. The Kier molecular flexibility index (Phi) is 3.28. The van der Waals surface area contributed by atoms with Crippen molar-refractivity contribution >= 4 is 17.6 Å². The fourth-order valence-corrected chi connectivity index (χ4v) is 3.15. The molecule has 0 N–H and O–H groups in total. The number of ketones is 2. The van der Waals surface area contributed by atoms with Crippen LogP contribution in [-0.2, 0) is 0 Å². The van der Waals surface area contributed by atoms with Gasteiger partial charge in [0.1, 0.15) is 0 Å². The number of aromatic nitrogens is 1. The van der Waals surface area contributed by atoms with Crippen molar-refractivity contribution in [2.45, 2.75) is 6.92 Å². The number of nitrogens with zero attached hydrogens (tertiary/aromatic N) is 1. The smallest absolute Gasteiger partial charge is 0.197 e. The maximum atomic E-state index is 12.6. The number of para-hydroxylation sites is 1. The standard InChI is InChI=1S/C21H15NO2/c1-14-11-12-16(22(14)15-7-3-2-4-8-15)13-19-20(23)17-9-5-6-10-18(17)21(19)24/h2-13H,1H3. The van der Waals surface area contributed by atoms with Crippen molar-refractivity contribution in [3.63, 3.8) is 0 Å². The highest BCUT2D eigenvalue weighted by atomic mass is 16.2. The summed E-state index contributed by atoms with van der Waals surface area (Å²) in [4.78, 5) is 25.1. The van der Waals surface area contributed by atoms with Crippen molar-refractivity contribution in [2.75, 3.05) is 0 Å². The maximum Gasteiger partial charge on any atom is 0.197 e. The number of hydrogen-bond acceptors (Lipinski definition) is 2. The molecule has 0 saturated carbocycles. The van der Waals surface area contributed by atoms with Crippen LogP contribution in [0.15, 0.2) is 72.3 Å². The maximum absolute atomic E-state index is 12.6. The second-order valence-electron chi connectivity index (χ2n) is 5.83. The number of hydrogen-bond donors (Lipinski definition) is 0. The van der Waals surface area contributed by atoms with Crippen molar-refractivity contribution in [1.82, 2.24) is 4.57 Å². The highest BCUT2D eigenvalue weighted by molar-refractivity contribution is 6.41. The van der Waals surface area contributed by atoms with E-state index in [0.717, 1.165) is 17.1 Å². The molecule has 3 aromatic rings. The lowest BCUT2D eigenvalue weighted by atomic mass is 10.1. The van der Waals surface area contributed by atoms with Gasteiger partial charge in [-0.3, -0.25) is 9.59 Å². The van der Waals surface area contributed by atoms with Crippen LogP contribution < -0.4 is 0 Å². The zero-order valence-corrected chi connectivity index (χ0v) is 13.2. The van der Waals surface area contributed by atoms with Gasteiger partial charge in [-0.1, -0.05) is 42.5 Å². The van der Waals surface area contributed by atoms with Crippen molar-refractivity contribution < 1.29 is 9.59 Å². The molecule has 1 aliphatic carbocycles. The van der Waals surface area contributed by atoms with Gasteiger partial charge in [-0.2, -0.15) is 0 Å². The fourth-order valence-electron chi connectivity index (χ4n) is 3.15. The Hall–Kier alpha value is -3.20. The van der Waals surface area contributed by atoms with E-state index in [1.165, 1.54) is 0 Å². The lowest BCUT2D eigenvalue weighted by molar-refractivity contribution is 0.0990. The molecule has 24 heavy (non-hydrogen) atoms. The Balaban J connectivity index is 1.85. The molecule has 116 valence electrons. The number of Topliss-reactive ketones (excluding diaryl/α,β-unsaturated/α-hetero) is 2. The number of fused-ring (bicyclic) bond motifs is 1. The van der Waals surface area contributed by atoms with Gasteiger partial charge in [-0.05, 0) is 37.3 Å². The van der Waals surface area contributed by atoms with E-state index < -0.39 is 0 Å². The molecule has 0 fully saturated rings. The number of aryl methyl sites for hydroxylation is 1. The summed E-state index contributed by atoms with van der Waals surface area (Å²) in [5, 5.41) is 0. The number of allylic oxidation sites excluding steroid dienone is 1. The fraction of sp³-hybridized carbons (Fsp3) is 0.0476. The SMILES string of the molecule is Cc1ccc(C=C2C(=O)c3ccccc3C2=O)n1-c1ccccc1. The summed E-state index contributed by atoms with van der Waals surface area (Å²) >= 11 is 0. The summed E-state index contributed by atoms with van der Waals surface area (Å²) in [5.74, 6) is -0.400. The molecule has 0 bridgehead atoms. The third-order valence-corrected chi connectivity index (χ3v) is 4.32. The molecular formula is C21H15NO2. The van der Waals surface area contributed by atoms with Gasteiger partial charge in [0.15, 0.2) is 11.6 Å². The van der Waals surface area contributed by atoms with Crippen LogP contribution in [0.2, 0.25) is 0 Å². The number of rotatable bonds is 2. The molecule has 0 atom stereocenters. The van der Waals surface area contributed by atoms with Gasteiger partial charge >= 0.3 is 0 Å². The molecular weight excluding hydrogens is 298 g/mol. The van der Waals surface area contributed by atoms with Gasteiger partial charge < -0.3 is 4.57 Å². The van der Waals surface area contributed by atoms with E-state index in [4.69, 9.17) is 0 Å². The second-order valence-corrected chi connectivity index (χ2v) is 5.83. The quantitative estimate of drug-likeness (QED) is 0.524. The summed E-state index contributed by atoms with van der Waals surface area (Å²) < 4.78 is 2.04. The highest BCUT2D eigenvalue weighted by Gasteiger charge is 2.32. The van der Waals surface area contributed by atoms with Gasteiger partial charge in [-0.25, -0.2) is 0 Å². The monoisotopic (exact) mass is 313 g/mol. The molecule has 3 heteroatoms.